The summed E-state index contributed by atoms with van der Waals surface area (Å²) < 4.78 is 1.47. The van der Waals surface area contributed by atoms with Crippen molar-refractivity contribution in [3.05, 3.63) is 28.9 Å². The largest absolute Gasteiger partial charge is 0.481 e. The molecule has 0 saturated carbocycles. The number of carbonyl (C=O) groups is 1. The summed E-state index contributed by atoms with van der Waals surface area (Å²) >= 11 is 0. The highest BCUT2D eigenvalue weighted by Crippen LogP contribution is 1.96. The van der Waals surface area contributed by atoms with Crippen LogP contribution in [0.5, 0.6) is 0 Å². The van der Waals surface area contributed by atoms with Crippen molar-refractivity contribution >= 4 is 5.97 Å². The molecule has 0 aliphatic carbocycles. The quantitative estimate of drug-likeness (QED) is 0.696. The summed E-state index contributed by atoms with van der Waals surface area (Å²) in [6, 6.07) is 1.39. The molecule has 5 nitrogen and oxygen atoms in total. The maximum Gasteiger partial charge on any atom is 0.303 e. The Morgan fingerprint density at radius 1 is 1.50 bits per heavy atom. The molecule has 0 spiro atoms. The molecule has 0 amide bonds. The monoisotopic (exact) mass is 196 g/mol. The summed E-state index contributed by atoms with van der Waals surface area (Å²) in [7, 11) is 0. The second kappa shape index (κ2) is 5.16. The summed E-state index contributed by atoms with van der Waals surface area (Å²) in [5.41, 5.74) is -0.102. The predicted molar refractivity (Wildman–Crippen MR) is 50.0 cm³/mol. The Kier molecular flexibility index (Phi) is 3.84. The SMILES string of the molecule is O=C(O)CCCCn1cnccc1=O. The second-order valence-corrected chi connectivity index (χ2v) is 2.96. The molecular formula is C9H12N2O3. The van der Waals surface area contributed by atoms with E-state index in [-0.39, 0.29) is 12.0 Å². The fourth-order valence-corrected chi connectivity index (χ4v) is 1.10. The number of rotatable bonds is 5. The molecule has 0 unspecified atom stereocenters. The van der Waals surface area contributed by atoms with Gasteiger partial charge in [-0.15, -0.1) is 0 Å². The smallest absolute Gasteiger partial charge is 0.303 e. The van der Waals surface area contributed by atoms with Crippen LogP contribution in [0.25, 0.3) is 0 Å². The van der Waals surface area contributed by atoms with Gasteiger partial charge in [-0.05, 0) is 12.8 Å². The normalized spacial score (nSPS) is 10.0. The Labute approximate surface area is 81.0 Å². The Bertz CT molecular complexity index is 359. The molecule has 1 heterocycles. The van der Waals surface area contributed by atoms with E-state index in [1.807, 2.05) is 0 Å². The lowest BCUT2D eigenvalue weighted by Crippen LogP contribution is -2.18. The first kappa shape index (κ1) is 10.4. The second-order valence-electron chi connectivity index (χ2n) is 2.96. The van der Waals surface area contributed by atoms with E-state index in [4.69, 9.17) is 5.11 Å². The number of aryl methyl sites for hydroxylation is 1. The van der Waals surface area contributed by atoms with E-state index in [0.717, 1.165) is 0 Å². The van der Waals surface area contributed by atoms with Gasteiger partial charge in [0.15, 0.2) is 0 Å². The number of nitrogens with zero attached hydrogens (tertiary/aromatic N) is 2. The van der Waals surface area contributed by atoms with Crippen LogP contribution in [0.1, 0.15) is 19.3 Å². The van der Waals surface area contributed by atoms with Crippen molar-refractivity contribution in [2.45, 2.75) is 25.8 Å². The number of hydrogen-bond acceptors (Lipinski definition) is 3. The van der Waals surface area contributed by atoms with E-state index in [9.17, 15) is 9.59 Å². The summed E-state index contributed by atoms with van der Waals surface area (Å²) in [6.07, 6.45) is 4.31. The standard InChI is InChI=1S/C9H12N2O3/c12-8-4-5-10-7-11(8)6-2-1-3-9(13)14/h4-5,7H,1-3,6H2,(H,13,14). The number of carboxylic acid groups (broad SMARTS) is 1. The molecule has 0 aliphatic rings. The van der Waals surface area contributed by atoms with E-state index < -0.39 is 5.97 Å². The van der Waals surface area contributed by atoms with Crippen LogP contribution in [0.4, 0.5) is 0 Å². The molecule has 1 N–H and O–H groups in total. The molecule has 1 aromatic heterocycles. The van der Waals surface area contributed by atoms with Crippen LogP contribution in [0, 0.1) is 0 Å². The highest BCUT2D eigenvalue weighted by molar-refractivity contribution is 5.66. The van der Waals surface area contributed by atoms with Crippen LogP contribution in [-0.4, -0.2) is 20.6 Å². The predicted octanol–water partition coefficient (Wildman–Crippen LogP) is 0.498. The summed E-state index contributed by atoms with van der Waals surface area (Å²) in [4.78, 5) is 25.2. The molecule has 1 rings (SSSR count). The molecule has 14 heavy (non-hydrogen) atoms. The summed E-state index contributed by atoms with van der Waals surface area (Å²) in [5, 5.41) is 8.38. The average molecular weight is 196 g/mol. The minimum atomic E-state index is -0.802. The number of aromatic nitrogens is 2. The zero-order valence-corrected chi connectivity index (χ0v) is 7.72. The first-order valence-corrected chi connectivity index (χ1v) is 4.42. The third kappa shape index (κ3) is 3.38. The molecule has 0 aromatic carbocycles. The van der Waals surface area contributed by atoms with Gasteiger partial charge in [0.2, 0.25) is 0 Å². The van der Waals surface area contributed by atoms with Crippen molar-refractivity contribution in [3.8, 4) is 0 Å². The van der Waals surface area contributed by atoms with Crippen molar-refractivity contribution in [2.75, 3.05) is 0 Å². The molecular weight excluding hydrogens is 184 g/mol. The van der Waals surface area contributed by atoms with Gasteiger partial charge in [0.1, 0.15) is 0 Å². The lowest BCUT2D eigenvalue weighted by molar-refractivity contribution is -0.137. The van der Waals surface area contributed by atoms with Gasteiger partial charge >= 0.3 is 5.97 Å². The third-order valence-electron chi connectivity index (χ3n) is 1.83. The fraction of sp³-hybridized carbons (Fsp3) is 0.444. The van der Waals surface area contributed by atoms with Gasteiger partial charge in [-0.2, -0.15) is 0 Å². The maximum atomic E-state index is 11.2. The Morgan fingerprint density at radius 2 is 2.29 bits per heavy atom. The van der Waals surface area contributed by atoms with Crippen molar-refractivity contribution in [3.63, 3.8) is 0 Å². The highest BCUT2D eigenvalue weighted by Gasteiger charge is 1.98. The minimum Gasteiger partial charge on any atom is -0.481 e. The van der Waals surface area contributed by atoms with Gasteiger partial charge in [-0.1, -0.05) is 0 Å². The molecule has 76 valence electrons. The number of carboxylic acids is 1. The van der Waals surface area contributed by atoms with Crippen LogP contribution >= 0.6 is 0 Å². The van der Waals surface area contributed by atoms with Gasteiger partial charge in [0.25, 0.3) is 5.56 Å². The first-order chi connectivity index (χ1) is 6.70. The first-order valence-electron chi connectivity index (χ1n) is 4.42. The van der Waals surface area contributed by atoms with Crippen LogP contribution in [0.2, 0.25) is 0 Å². The number of aliphatic carboxylic acids is 1. The zero-order chi connectivity index (χ0) is 10.4. The average Bonchev–Trinajstić information content (AvgIpc) is 2.15. The molecule has 0 bridgehead atoms. The number of unbranched alkanes of at least 4 members (excludes halogenated alkanes) is 1. The molecule has 0 fully saturated rings. The summed E-state index contributed by atoms with van der Waals surface area (Å²) in [5.74, 6) is -0.802. The van der Waals surface area contributed by atoms with Crippen molar-refractivity contribution in [1.29, 1.82) is 0 Å². The van der Waals surface area contributed by atoms with Crippen LogP contribution in [0.15, 0.2) is 23.4 Å². The van der Waals surface area contributed by atoms with Gasteiger partial charge in [-0.25, -0.2) is 4.98 Å². The van der Waals surface area contributed by atoms with Crippen molar-refractivity contribution < 1.29 is 9.90 Å². The van der Waals surface area contributed by atoms with E-state index in [1.54, 1.807) is 0 Å². The van der Waals surface area contributed by atoms with Crippen LogP contribution in [-0.2, 0) is 11.3 Å². The zero-order valence-electron chi connectivity index (χ0n) is 7.72. The fourth-order valence-electron chi connectivity index (χ4n) is 1.10. The minimum absolute atomic E-state index is 0.102. The van der Waals surface area contributed by atoms with E-state index in [2.05, 4.69) is 4.98 Å². The van der Waals surface area contributed by atoms with E-state index in [0.29, 0.717) is 19.4 Å². The lowest BCUT2D eigenvalue weighted by atomic mass is 10.2. The Balaban J connectivity index is 2.35. The van der Waals surface area contributed by atoms with E-state index >= 15 is 0 Å². The van der Waals surface area contributed by atoms with Crippen molar-refractivity contribution in [1.82, 2.24) is 9.55 Å². The van der Waals surface area contributed by atoms with E-state index in [1.165, 1.54) is 23.2 Å². The topological polar surface area (TPSA) is 72.2 Å². The van der Waals surface area contributed by atoms with Gasteiger partial charge in [0.05, 0.1) is 6.33 Å². The maximum absolute atomic E-state index is 11.2. The highest BCUT2D eigenvalue weighted by atomic mass is 16.4. The lowest BCUT2D eigenvalue weighted by Gasteiger charge is -2.02. The van der Waals surface area contributed by atoms with Gasteiger partial charge in [-0.3, -0.25) is 14.2 Å². The number of hydrogen-bond donors (Lipinski definition) is 1. The molecule has 0 atom stereocenters. The summed E-state index contributed by atoms with van der Waals surface area (Å²) in [6.45, 7) is 0.528. The van der Waals surface area contributed by atoms with Gasteiger partial charge < -0.3 is 5.11 Å². The van der Waals surface area contributed by atoms with Gasteiger partial charge in [0, 0.05) is 25.2 Å². The molecule has 0 saturated heterocycles. The molecule has 0 radical (unpaired) electrons. The Hall–Kier alpha value is -1.65. The third-order valence-corrected chi connectivity index (χ3v) is 1.83. The van der Waals surface area contributed by atoms with Crippen molar-refractivity contribution in [2.24, 2.45) is 0 Å². The molecule has 5 heteroatoms. The molecule has 1 aromatic rings. The Morgan fingerprint density at radius 3 is 2.93 bits per heavy atom. The van der Waals surface area contributed by atoms with Crippen LogP contribution in [0.3, 0.4) is 0 Å². The molecule has 0 aliphatic heterocycles. The van der Waals surface area contributed by atoms with Crippen LogP contribution < -0.4 is 5.56 Å².